The van der Waals surface area contributed by atoms with Gasteiger partial charge in [0, 0.05) is 0 Å². The van der Waals surface area contributed by atoms with Crippen LogP contribution < -0.4 is 5.73 Å². The van der Waals surface area contributed by atoms with E-state index in [4.69, 9.17) is 10.5 Å². The SMILES string of the molecule is CC(C)(C)OC(=O)C([C]=O)CCCCCN. The zero-order valence-electron chi connectivity index (χ0n) is 10.4. The predicted molar refractivity (Wildman–Crippen MR) is 62.6 cm³/mol. The minimum Gasteiger partial charge on any atom is -0.459 e. The third kappa shape index (κ3) is 7.40. The molecule has 0 aromatic rings. The van der Waals surface area contributed by atoms with E-state index in [0.29, 0.717) is 13.0 Å². The maximum atomic E-state index is 11.5. The number of carbonyl (C=O) groups is 1. The number of nitrogens with two attached hydrogens (primary N) is 1. The van der Waals surface area contributed by atoms with Crippen LogP contribution in [0.3, 0.4) is 0 Å². The van der Waals surface area contributed by atoms with Crippen LogP contribution in [0.4, 0.5) is 0 Å². The summed E-state index contributed by atoms with van der Waals surface area (Å²) >= 11 is 0. The molecule has 0 amide bonds. The third-order valence-electron chi connectivity index (χ3n) is 2.03. The fraction of sp³-hybridized carbons (Fsp3) is 0.833. The quantitative estimate of drug-likeness (QED) is 0.408. The van der Waals surface area contributed by atoms with Crippen LogP contribution in [0, 0.1) is 5.92 Å². The van der Waals surface area contributed by atoms with E-state index in [9.17, 15) is 9.59 Å². The summed E-state index contributed by atoms with van der Waals surface area (Å²) in [6.45, 7) is 5.98. The molecule has 0 aliphatic heterocycles. The first-order valence-electron chi connectivity index (χ1n) is 5.71. The van der Waals surface area contributed by atoms with Gasteiger partial charge >= 0.3 is 5.97 Å². The molecule has 0 rings (SSSR count). The second-order valence-corrected chi connectivity index (χ2v) is 4.84. The Morgan fingerprint density at radius 1 is 1.31 bits per heavy atom. The van der Waals surface area contributed by atoms with Gasteiger partial charge in [-0.05, 0) is 40.2 Å². The number of ether oxygens (including phenoxy) is 1. The van der Waals surface area contributed by atoms with Crippen molar-refractivity contribution in [3.8, 4) is 0 Å². The molecule has 4 heteroatoms. The summed E-state index contributed by atoms with van der Waals surface area (Å²) in [5.74, 6) is -1.23. The first-order chi connectivity index (χ1) is 7.40. The summed E-state index contributed by atoms with van der Waals surface area (Å²) in [6, 6.07) is 0. The van der Waals surface area contributed by atoms with Crippen LogP contribution in [0.2, 0.25) is 0 Å². The van der Waals surface area contributed by atoms with E-state index in [2.05, 4.69) is 0 Å². The van der Waals surface area contributed by atoms with Crippen LogP contribution in [0.25, 0.3) is 0 Å². The van der Waals surface area contributed by atoms with Crippen molar-refractivity contribution >= 4 is 12.3 Å². The standard InChI is InChI=1S/C12H22NO3/c1-12(2,3)16-11(15)10(9-14)7-5-4-6-8-13/h10H,4-8,13H2,1-3H3. The fourth-order valence-corrected chi connectivity index (χ4v) is 1.27. The number of hydrogen-bond donors (Lipinski definition) is 1. The largest absolute Gasteiger partial charge is 0.459 e. The van der Waals surface area contributed by atoms with Gasteiger partial charge in [0.15, 0.2) is 0 Å². The van der Waals surface area contributed by atoms with Crippen LogP contribution in [0.1, 0.15) is 46.5 Å². The molecule has 0 bridgehead atoms. The van der Waals surface area contributed by atoms with Gasteiger partial charge in [-0.3, -0.25) is 9.59 Å². The molecular formula is C12H22NO3. The minimum atomic E-state index is -0.753. The van der Waals surface area contributed by atoms with Gasteiger partial charge in [0.1, 0.15) is 11.5 Å². The first-order valence-corrected chi connectivity index (χ1v) is 5.71. The average molecular weight is 228 g/mol. The second-order valence-electron chi connectivity index (χ2n) is 4.84. The molecule has 0 saturated carbocycles. The van der Waals surface area contributed by atoms with Crippen molar-refractivity contribution in [1.29, 1.82) is 0 Å². The average Bonchev–Trinajstić information content (AvgIpc) is 2.15. The molecule has 0 aromatic carbocycles. The summed E-state index contributed by atoms with van der Waals surface area (Å²) < 4.78 is 5.12. The topological polar surface area (TPSA) is 69.4 Å². The Balaban J connectivity index is 3.98. The molecular weight excluding hydrogens is 206 g/mol. The first kappa shape index (κ1) is 15.1. The zero-order chi connectivity index (χ0) is 12.6. The van der Waals surface area contributed by atoms with Crippen LogP contribution in [-0.2, 0) is 14.3 Å². The Morgan fingerprint density at radius 3 is 2.38 bits per heavy atom. The number of esters is 1. The molecule has 0 aliphatic rings. The van der Waals surface area contributed by atoms with Gasteiger partial charge in [-0.15, -0.1) is 0 Å². The summed E-state index contributed by atoms with van der Waals surface area (Å²) in [6.07, 6.45) is 4.89. The van der Waals surface area contributed by atoms with Crippen LogP contribution in [0.15, 0.2) is 0 Å². The second kappa shape index (κ2) is 7.39. The molecule has 1 atom stereocenters. The van der Waals surface area contributed by atoms with Gasteiger partial charge in [0.25, 0.3) is 0 Å². The van der Waals surface area contributed by atoms with E-state index in [-0.39, 0.29) is 0 Å². The monoisotopic (exact) mass is 228 g/mol. The number of hydrogen-bond acceptors (Lipinski definition) is 4. The van der Waals surface area contributed by atoms with Crippen molar-refractivity contribution in [1.82, 2.24) is 0 Å². The summed E-state index contributed by atoms with van der Waals surface area (Å²) in [5.41, 5.74) is 4.80. The van der Waals surface area contributed by atoms with E-state index in [1.807, 2.05) is 0 Å². The highest BCUT2D eigenvalue weighted by atomic mass is 16.6. The molecule has 1 unspecified atom stereocenters. The Kier molecular flexibility index (Phi) is 6.97. The van der Waals surface area contributed by atoms with E-state index in [1.165, 1.54) is 0 Å². The van der Waals surface area contributed by atoms with Crippen molar-refractivity contribution in [2.75, 3.05) is 6.54 Å². The summed E-state index contributed by atoms with van der Waals surface area (Å²) in [7, 11) is 0. The Hall–Kier alpha value is -0.900. The third-order valence-corrected chi connectivity index (χ3v) is 2.03. The molecule has 0 aliphatic carbocycles. The van der Waals surface area contributed by atoms with Crippen molar-refractivity contribution < 1.29 is 14.3 Å². The van der Waals surface area contributed by atoms with Crippen LogP contribution in [-0.4, -0.2) is 24.4 Å². The van der Waals surface area contributed by atoms with Crippen molar-refractivity contribution in [3.05, 3.63) is 0 Å². The number of rotatable bonds is 7. The zero-order valence-corrected chi connectivity index (χ0v) is 10.4. The highest BCUT2D eigenvalue weighted by Crippen LogP contribution is 2.14. The van der Waals surface area contributed by atoms with E-state index in [1.54, 1.807) is 27.1 Å². The molecule has 0 heterocycles. The lowest BCUT2D eigenvalue weighted by molar-refractivity contribution is -0.157. The Bertz CT molecular complexity index is 221. The smallest absolute Gasteiger partial charge is 0.317 e. The van der Waals surface area contributed by atoms with Crippen LogP contribution in [0.5, 0.6) is 0 Å². The van der Waals surface area contributed by atoms with Gasteiger partial charge in [-0.25, -0.2) is 0 Å². The van der Waals surface area contributed by atoms with Crippen molar-refractivity contribution in [2.45, 2.75) is 52.1 Å². The van der Waals surface area contributed by atoms with Crippen LogP contribution >= 0.6 is 0 Å². The lowest BCUT2D eigenvalue weighted by atomic mass is 10.0. The molecule has 0 spiro atoms. The maximum Gasteiger partial charge on any atom is 0.317 e. The van der Waals surface area contributed by atoms with Crippen molar-refractivity contribution in [2.24, 2.45) is 11.7 Å². The normalized spacial score (nSPS) is 13.2. The minimum absolute atomic E-state index is 0.477. The highest BCUT2D eigenvalue weighted by molar-refractivity contribution is 5.88. The Morgan fingerprint density at radius 2 is 1.94 bits per heavy atom. The molecule has 93 valence electrons. The van der Waals surface area contributed by atoms with Gasteiger partial charge in [0.05, 0.1) is 0 Å². The molecule has 2 N–H and O–H groups in total. The van der Waals surface area contributed by atoms with E-state index >= 15 is 0 Å². The summed E-state index contributed by atoms with van der Waals surface area (Å²) in [5, 5.41) is 0. The molecule has 16 heavy (non-hydrogen) atoms. The van der Waals surface area contributed by atoms with E-state index < -0.39 is 17.5 Å². The lowest BCUT2D eigenvalue weighted by Gasteiger charge is -2.21. The molecule has 0 aromatic heterocycles. The molecule has 4 nitrogen and oxygen atoms in total. The van der Waals surface area contributed by atoms with Gasteiger partial charge < -0.3 is 10.5 Å². The molecule has 1 radical (unpaired) electrons. The van der Waals surface area contributed by atoms with Gasteiger partial charge in [-0.2, -0.15) is 0 Å². The number of unbranched alkanes of at least 4 members (excludes halogenated alkanes) is 2. The molecule has 0 saturated heterocycles. The fourth-order valence-electron chi connectivity index (χ4n) is 1.27. The lowest BCUT2D eigenvalue weighted by Crippen LogP contribution is -2.29. The van der Waals surface area contributed by atoms with Gasteiger partial charge in [0.2, 0.25) is 6.29 Å². The van der Waals surface area contributed by atoms with Crippen molar-refractivity contribution in [3.63, 3.8) is 0 Å². The van der Waals surface area contributed by atoms with Gasteiger partial charge in [-0.1, -0.05) is 12.8 Å². The maximum absolute atomic E-state index is 11.5. The summed E-state index contributed by atoms with van der Waals surface area (Å²) in [4.78, 5) is 22.2. The molecule has 0 fully saturated rings. The Labute approximate surface area is 97.5 Å². The highest BCUT2D eigenvalue weighted by Gasteiger charge is 2.24. The van der Waals surface area contributed by atoms with E-state index in [0.717, 1.165) is 19.3 Å². The number of carbonyl (C=O) groups excluding carboxylic acids is 2. The predicted octanol–water partition coefficient (Wildman–Crippen LogP) is 1.57.